The third-order valence-electron chi connectivity index (χ3n) is 4.99. The van der Waals surface area contributed by atoms with Gasteiger partial charge >= 0.3 is 11.9 Å². The zero-order valence-electron chi connectivity index (χ0n) is 17.5. The number of hydrogen-bond donors (Lipinski definition) is 2. The molecule has 7 heteroatoms. The summed E-state index contributed by atoms with van der Waals surface area (Å²) in [6, 6.07) is 4.38. The van der Waals surface area contributed by atoms with Gasteiger partial charge in [0.05, 0.1) is 6.61 Å². The van der Waals surface area contributed by atoms with Gasteiger partial charge in [0, 0.05) is 26.2 Å². The van der Waals surface area contributed by atoms with Crippen molar-refractivity contribution in [2.45, 2.75) is 40.5 Å². The molecule has 28 heavy (non-hydrogen) atoms. The molecule has 1 aliphatic heterocycles. The van der Waals surface area contributed by atoms with Crippen LogP contribution in [-0.4, -0.2) is 77.8 Å². The van der Waals surface area contributed by atoms with Crippen molar-refractivity contribution in [2.75, 3.05) is 45.9 Å². The van der Waals surface area contributed by atoms with Crippen LogP contribution in [0.2, 0.25) is 0 Å². The van der Waals surface area contributed by atoms with Gasteiger partial charge in [-0.2, -0.15) is 0 Å². The van der Waals surface area contributed by atoms with E-state index in [9.17, 15) is 0 Å². The summed E-state index contributed by atoms with van der Waals surface area (Å²) in [5.74, 6) is -2.58. The number of nitrogens with zero attached hydrogens (tertiary/aromatic N) is 2. The van der Waals surface area contributed by atoms with E-state index in [2.05, 4.69) is 49.6 Å². The summed E-state index contributed by atoms with van der Waals surface area (Å²) in [6.45, 7) is 16.8. The molecule has 158 valence electrons. The molecule has 1 aliphatic rings. The zero-order chi connectivity index (χ0) is 21.1. The minimum absolute atomic E-state index is 0.832. The summed E-state index contributed by atoms with van der Waals surface area (Å²) >= 11 is 0. The van der Waals surface area contributed by atoms with Gasteiger partial charge in [0.25, 0.3) is 0 Å². The number of benzene rings is 1. The van der Waals surface area contributed by atoms with Crippen LogP contribution in [0.15, 0.2) is 12.1 Å². The van der Waals surface area contributed by atoms with Gasteiger partial charge in [-0.25, -0.2) is 9.59 Å². The molecule has 0 spiro atoms. The number of carboxylic acids is 2. The molecule has 1 fully saturated rings. The van der Waals surface area contributed by atoms with Crippen LogP contribution in [0.25, 0.3) is 0 Å². The quantitative estimate of drug-likeness (QED) is 0.542. The number of unbranched alkanes of at least 4 members (excludes halogenated alkanes) is 1. The minimum Gasteiger partial charge on any atom is -0.493 e. The van der Waals surface area contributed by atoms with E-state index >= 15 is 0 Å². The van der Waals surface area contributed by atoms with Crippen molar-refractivity contribution in [1.29, 1.82) is 0 Å². The molecule has 2 rings (SSSR count). The number of aliphatic carboxylic acids is 2. The second-order valence-corrected chi connectivity index (χ2v) is 7.15. The van der Waals surface area contributed by atoms with Crippen LogP contribution < -0.4 is 4.74 Å². The first-order valence-corrected chi connectivity index (χ1v) is 9.86. The highest BCUT2D eigenvalue weighted by atomic mass is 16.5. The Morgan fingerprint density at radius 2 is 1.54 bits per heavy atom. The molecule has 1 aromatic rings. The molecule has 0 amide bonds. The van der Waals surface area contributed by atoms with Gasteiger partial charge in [-0.3, -0.25) is 0 Å². The van der Waals surface area contributed by atoms with Crippen LogP contribution in [0, 0.1) is 20.8 Å². The summed E-state index contributed by atoms with van der Waals surface area (Å²) in [6.07, 6.45) is 2.37. The number of likely N-dealkylation sites (N-methyl/N-ethyl adjacent to an activating group) is 1. The van der Waals surface area contributed by atoms with Crippen molar-refractivity contribution >= 4 is 11.9 Å². The van der Waals surface area contributed by atoms with Gasteiger partial charge in [-0.1, -0.05) is 13.0 Å². The van der Waals surface area contributed by atoms with Crippen LogP contribution in [0.4, 0.5) is 0 Å². The van der Waals surface area contributed by atoms with Crippen LogP contribution in [0.5, 0.6) is 5.75 Å². The average Bonchev–Trinajstić information content (AvgIpc) is 2.66. The molecule has 0 atom stereocenters. The van der Waals surface area contributed by atoms with E-state index in [1.165, 1.54) is 62.4 Å². The number of carbonyl (C=O) groups is 2. The van der Waals surface area contributed by atoms with Crippen molar-refractivity contribution < 1.29 is 24.5 Å². The topological polar surface area (TPSA) is 90.3 Å². The molecule has 1 aromatic carbocycles. The lowest BCUT2D eigenvalue weighted by atomic mass is 10.1. The van der Waals surface area contributed by atoms with Crippen molar-refractivity contribution in [1.82, 2.24) is 9.80 Å². The molecule has 7 nitrogen and oxygen atoms in total. The maximum atomic E-state index is 9.10. The standard InChI is InChI=1S/C19H32N2O.C2H2O4/c1-5-20-9-11-21(12-10-20)8-6-7-13-22-19-15-16(2)14-17(3)18(19)4;3-1(4)2(5)6/h14-15H,5-13H2,1-4H3;(H,3,4)(H,5,6). The summed E-state index contributed by atoms with van der Waals surface area (Å²) in [5.41, 5.74) is 3.89. The van der Waals surface area contributed by atoms with Gasteiger partial charge in [-0.15, -0.1) is 0 Å². The Bertz CT molecular complexity index is 628. The summed E-state index contributed by atoms with van der Waals surface area (Å²) < 4.78 is 6.00. The van der Waals surface area contributed by atoms with E-state index in [-0.39, 0.29) is 0 Å². The van der Waals surface area contributed by atoms with E-state index in [4.69, 9.17) is 24.5 Å². The van der Waals surface area contributed by atoms with E-state index < -0.39 is 11.9 Å². The van der Waals surface area contributed by atoms with Crippen LogP contribution in [0.3, 0.4) is 0 Å². The van der Waals surface area contributed by atoms with Crippen LogP contribution in [0.1, 0.15) is 36.5 Å². The van der Waals surface area contributed by atoms with Crippen molar-refractivity contribution in [3.8, 4) is 5.75 Å². The zero-order valence-corrected chi connectivity index (χ0v) is 17.5. The van der Waals surface area contributed by atoms with E-state index in [1.807, 2.05) is 0 Å². The highest BCUT2D eigenvalue weighted by molar-refractivity contribution is 6.27. The van der Waals surface area contributed by atoms with E-state index in [1.54, 1.807) is 0 Å². The van der Waals surface area contributed by atoms with Gasteiger partial charge in [0.1, 0.15) is 5.75 Å². The summed E-state index contributed by atoms with van der Waals surface area (Å²) in [4.78, 5) is 23.3. The second kappa shape index (κ2) is 12.4. The molecular formula is C21H34N2O5. The lowest BCUT2D eigenvalue weighted by Crippen LogP contribution is -2.46. The molecule has 0 radical (unpaired) electrons. The number of piperazine rings is 1. The number of carboxylic acid groups (broad SMARTS) is 2. The molecule has 0 aromatic heterocycles. The Kier molecular flexibility index (Phi) is 10.6. The summed E-state index contributed by atoms with van der Waals surface area (Å²) in [5, 5.41) is 14.8. The minimum atomic E-state index is -1.82. The van der Waals surface area contributed by atoms with Crippen molar-refractivity contribution in [2.24, 2.45) is 0 Å². The Labute approximate surface area is 167 Å². The predicted molar refractivity (Wildman–Crippen MR) is 109 cm³/mol. The van der Waals surface area contributed by atoms with Gasteiger partial charge in [-0.05, 0) is 69.5 Å². The molecule has 1 heterocycles. The lowest BCUT2D eigenvalue weighted by molar-refractivity contribution is -0.159. The van der Waals surface area contributed by atoms with E-state index in [0.717, 1.165) is 18.8 Å². The number of ether oxygens (including phenoxy) is 1. The smallest absolute Gasteiger partial charge is 0.414 e. The highest BCUT2D eigenvalue weighted by Gasteiger charge is 2.14. The fourth-order valence-electron chi connectivity index (χ4n) is 3.10. The third-order valence-corrected chi connectivity index (χ3v) is 4.99. The lowest BCUT2D eigenvalue weighted by Gasteiger charge is -2.33. The predicted octanol–water partition coefficient (Wildman–Crippen LogP) is 2.56. The van der Waals surface area contributed by atoms with Crippen LogP contribution in [-0.2, 0) is 9.59 Å². The summed E-state index contributed by atoms with van der Waals surface area (Å²) in [7, 11) is 0. The molecular weight excluding hydrogens is 360 g/mol. The Hall–Kier alpha value is -2.12. The highest BCUT2D eigenvalue weighted by Crippen LogP contribution is 2.23. The second-order valence-electron chi connectivity index (χ2n) is 7.15. The molecule has 0 saturated carbocycles. The van der Waals surface area contributed by atoms with Crippen molar-refractivity contribution in [3.63, 3.8) is 0 Å². The average molecular weight is 395 g/mol. The van der Waals surface area contributed by atoms with Crippen LogP contribution >= 0.6 is 0 Å². The first-order chi connectivity index (χ1) is 13.2. The van der Waals surface area contributed by atoms with Crippen molar-refractivity contribution in [3.05, 3.63) is 28.8 Å². The third kappa shape index (κ3) is 8.71. The monoisotopic (exact) mass is 394 g/mol. The SMILES string of the molecule is CCN1CCN(CCCCOc2cc(C)cc(C)c2C)CC1.O=C(O)C(=O)O. The first-order valence-electron chi connectivity index (χ1n) is 9.86. The number of hydrogen-bond acceptors (Lipinski definition) is 5. The molecule has 0 aliphatic carbocycles. The van der Waals surface area contributed by atoms with Gasteiger partial charge < -0.3 is 24.7 Å². The molecule has 0 bridgehead atoms. The first kappa shape index (κ1) is 23.9. The molecule has 0 unspecified atom stereocenters. The molecule has 2 N–H and O–H groups in total. The normalized spacial score (nSPS) is 14.9. The van der Waals surface area contributed by atoms with Gasteiger partial charge in [0.15, 0.2) is 0 Å². The number of aryl methyl sites for hydroxylation is 2. The fraction of sp³-hybridized carbons (Fsp3) is 0.619. The number of rotatable bonds is 7. The largest absolute Gasteiger partial charge is 0.493 e. The Balaban J connectivity index is 0.000000568. The van der Waals surface area contributed by atoms with Gasteiger partial charge in [0.2, 0.25) is 0 Å². The maximum Gasteiger partial charge on any atom is 0.414 e. The Morgan fingerprint density at radius 3 is 2.07 bits per heavy atom. The fourth-order valence-corrected chi connectivity index (χ4v) is 3.10. The maximum absolute atomic E-state index is 9.10. The Morgan fingerprint density at radius 1 is 0.964 bits per heavy atom. The van der Waals surface area contributed by atoms with E-state index in [0.29, 0.717) is 0 Å². The molecule has 1 saturated heterocycles.